The molecule has 0 spiro atoms. The SMILES string of the molecule is c1ccc(-c2cccc(-c3nc(-c4ccccc4)nc(-c4ccc5c(c4)nc4c6ccccc6c6ccccc6n54)n3)c2)cc1. The van der Waals surface area contributed by atoms with Crippen molar-refractivity contribution in [1.82, 2.24) is 24.3 Å². The van der Waals surface area contributed by atoms with Gasteiger partial charge in [0.15, 0.2) is 17.5 Å². The van der Waals surface area contributed by atoms with Crippen LogP contribution in [-0.2, 0) is 0 Å². The molecule has 0 saturated heterocycles. The van der Waals surface area contributed by atoms with Gasteiger partial charge >= 0.3 is 0 Å². The second-order valence-corrected chi connectivity index (χ2v) is 11.2. The lowest BCUT2D eigenvalue weighted by Crippen LogP contribution is -2.00. The van der Waals surface area contributed by atoms with Crippen molar-refractivity contribution in [1.29, 1.82) is 0 Å². The molecular weight excluding hydrogens is 550 g/mol. The molecule has 0 aliphatic carbocycles. The molecule has 3 aromatic heterocycles. The van der Waals surface area contributed by atoms with Gasteiger partial charge < -0.3 is 0 Å². The summed E-state index contributed by atoms with van der Waals surface area (Å²) in [5.74, 6) is 1.87. The quantitative estimate of drug-likeness (QED) is 0.196. The monoisotopic (exact) mass is 575 g/mol. The number of pyridine rings is 1. The van der Waals surface area contributed by atoms with Crippen molar-refractivity contribution in [3.8, 4) is 45.3 Å². The zero-order valence-electron chi connectivity index (χ0n) is 24.2. The minimum Gasteiger partial charge on any atom is -0.292 e. The van der Waals surface area contributed by atoms with Gasteiger partial charge in [-0.25, -0.2) is 19.9 Å². The second kappa shape index (κ2) is 10.2. The molecule has 0 aliphatic rings. The van der Waals surface area contributed by atoms with Crippen LogP contribution in [0.5, 0.6) is 0 Å². The largest absolute Gasteiger partial charge is 0.292 e. The van der Waals surface area contributed by atoms with E-state index in [-0.39, 0.29) is 0 Å². The summed E-state index contributed by atoms with van der Waals surface area (Å²) in [6.07, 6.45) is 0. The highest BCUT2D eigenvalue weighted by atomic mass is 15.0. The Hall–Kier alpha value is -6.20. The van der Waals surface area contributed by atoms with Gasteiger partial charge in [0.2, 0.25) is 0 Å². The second-order valence-electron chi connectivity index (χ2n) is 11.2. The van der Waals surface area contributed by atoms with Crippen LogP contribution in [0.3, 0.4) is 0 Å². The van der Waals surface area contributed by atoms with Gasteiger partial charge in [-0.3, -0.25) is 4.40 Å². The van der Waals surface area contributed by atoms with E-state index in [1.54, 1.807) is 0 Å². The summed E-state index contributed by atoms with van der Waals surface area (Å²) in [4.78, 5) is 20.2. The molecule has 0 radical (unpaired) electrons. The first-order valence-corrected chi connectivity index (χ1v) is 15.0. The smallest absolute Gasteiger partial charge is 0.164 e. The van der Waals surface area contributed by atoms with Crippen molar-refractivity contribution in [2.75, 3.05) is 0 Å². The van der Waals surface area contributed by atoms with Crippen molar-refractivity contribution in [2.24, 2.45) is 0 Å². The van der Waals surface area contributed by atoms with Crippen LogP contribution in [0.2, 0.25) is 0 Å². The molecule has 3 heterocycles. The van der Waals surface area contributed by atoms with Crippen LogP contribution in [0.1, 0.15) is 0 Å². The van der Waals surface area contributed by atoms with Gasteiger partial charge in [0.1, 0.15) is 5.65 Å². The summed E-state index contributed by atoms with van der Waals surface area (Å²) in [5.41, 5.74) is 9.03. The molecule has 0 unspecified atom stereocenters. The van der Waals surface area contributed by atoms with Gasteiger partial charge in [-0.1, -0.05) is 121 Å². The van der Waals surface area contributed by atoms with Crippen LogP contribution in [0.15, 0.2) is 152 Å². The molecule has 210 valence electrons. The van der Waals surface area contributed by atoms with Gasteiger partial charge in [0.25, 0.3) is 0 Å². The van der Waals surface area contributed by atoms with E-state index < -0.39 is 0 Å². The van der Waals surface area contributed by atoms with Gasteiger partial charge in [0, 0.05) is 27.5 Å². The van der Waals surface area contributed by atoms with Crippen LogP contribution in [0, 0.1) is 0 Å². The minimum absolute atomic E-state index is 0.609. The number of nitrogens with zero attached hydrogens (tertiary/aromatic N) is 5. The molecule has 0 N–H and O–H groups in total. The van der Waals surface area contributed by atoms with E-state index in [0.29, 0.717) is 17.5 Å². The van der Waals surface area contributed by atoms with Crippen LogP contribution in [0.25, 0.3) is 83.6 Å². The molecule has 9 rings (SSSR count). The Morgan fingerprint density at radius 1 is 0.333 bits per heavy atom. The van der Waals surface area contributed by atoms with Crippen molar-refractivity contribution >= 4 is 38.4 Å². The minimum atomic E-state index is 0.609. The maximum atomic E-state index is 5.18. The highest BCUT2D eigenvalue weighted by molar-refractivity contribution is 6.13. The number of para-hydroxylation sites is 1. The third kappa shape index (κ3) is 4.25. The molecule has 0 atom stereocenters. The third-order valence-electron chi connectivity index (χ3n) is 8.41. The predicted octanol–water partition coefficient (Wildman–Crippen LogP) is 9.65. The predicted molar refractivity (Wildman–Crippen MR) is 183 cm³/mol. The lowest BCUT2D eigenvalue weighted by molar-refractivity contribution is 1.07. The molecule has 5 nitrogen and oxygen atoms in total. The topological polar surface area (TPSA) is 56.0 Å². The number of imidazole rings is 1. The number of rotatable bonds is 4. The molecule has 0 bridgehead atoms. The Morgan fingerprint density at radius 2 is 0.889 bits per heavy atom. The Kier molecular flexibility index (Phi) is 5.74. The fraction of sp³-hybridized carbons (Fsp3) is 0. The summed E-state index contributed by atoms with van der Waals surface area (Å²) >= 11 is 0. The Labute approximate surface area is 259 Å². The summed E-state index contributed by atoms with van der Waals surface area (Å²) in [6, 6.07) is 52.1. The standard InChI is InChI=1S/C40H25N5/c1-3-12-26(13-4-1)28-16-11-17-29(24-28)38-42-37(27-14-5-2-6-15-27)43-39(44-38)30-22-23-36-34(25-30)41-40-33-20-8-7-18-31(33)32-19-9-10-21-35(32)45(36)40/h1-25H. The van der Waals surface area contributed by atoms with Gasteiger partial charge in [-0.2, -0.15) is 0 Å². The molecule has 0 fully saturated rings. The van der Waals surface area contributed by atoms with Crippen molar-refractivity contribution in [3.63, 3.8) is 0 Å². The lowest BCUT2D eigenvalue weighted by Gasteiger charge is -2.10. The van der Waals surface area contributed by atoms with Crippen molar-refractivity contribution in [2.45, 2.75) is 0 Å². The molecular formula is C40H25N5. The highest BCUT2D eigenvalue weighted by Crippen LogP contribution is 2.34. The summed E-state index contributed by atoms with van der Waals surface area (Å²) in [5, 5.41) is 3.53. The lowest BCUT2D eigenvalue weighted by atomic mass is 10.0. The molecule has 0 aliphatic heterocycles. The van der Waals surface area contributed by atoms with E-state index in [1.165, 1.54) is 10.8 Å². The number of benzene rings is 6. The highest BCUT2D eigenvalue weighted by Gasteiger charge is 2.17. The van der Waals surface area contributed by atoms with Gasteiger partial charge in [0.05, 0.1) is 16.6 Å². The zero-order chi connectivity index (χ0) is 29.7. The van der Waals surface area contributed by atoms with Gasteiger partial charge in [-0.05, 0) is 46.8 Å². The van der Waals surface area contributed by atoms with Crippen LogP contribution >= 0.6 is 0 Å². The summed E-state index contributed by atoms with van der Waals surface area (Å²) < 4.78 is 2.26. The molecule has 0 saturated carbocycles. The van der Waals surface area contributed by atoms with E-state index in [2.05, 4.69) is 120 Å². The molecule has 9 aromatic rings. The number of aromatic nitrogens is 5. The molecule has 0 amide bonds. The van der Waals surface area contributed by atoms with Gasteiger partial charge in [-0.15, -0.1) is 0 Å². The Morgan fingerprint density at radius 3 is 1.64 bits per heavy atom. The zero-order valence-corrected chi connectivity index (χ0v) is 24.2. The first-order chi connectivity index (χ1) is 22.3. The van der Waals surface area contributed by atoms with E-state index in [9.17, 15) is 0 Å². The summed E-state index contributed by atoms with van der Waals surface area (Å²) in [6.45, 7) is 0. The van der Waals surface area contributed by atoms with E-state index >= 15 is 0 Å². The summed E-state index contributed by atoms with van der Waals surface area (Å²) in [7, 11) is 0. The first kappa shape index (κ1) is 25.3. The maximum Gasteiger partial charge on any atom is 0.164 e. The molecule has 5 heteroatoms. The third-order valence-corrected chi connectivity index (χ3v) is 8.41. The molecule has 45 heavy (non-hydrogen) atoms. The van der Waals surface area contributed by atoms with E-state index in [1.807, 2.05) is 36.4 Å². The van der Waals surface area contributed by atoms with E-state index in [4.69, 9.17) is 19.9 Å². The fourth-order valence-electron chi connectivity index (χ4n) is 6.27. The fourth-order valence-corrected chi connectivity index (χ4v) is 6.27. The molecule has 6 aromatic carbocycles. The Balaban J connectivity index is 1.25. The normalized spacial score (nSPS) is 11.6. The van der Waals surface area contributed by atoms with Crippen molar-refractivity contribution in [3.05, 3.63) is 152 Å². The number of fused-ring (bicyclic) bond motifs is 8. The van der Waals surface area contributed by atoms with Crippen LogP contribution in [0.4, 0.5) is 0 Å². The number of hydrogen-bond acceptors (Lipinski definition) is 4. The maximum absolute atomic E-state index is 5.18. The van der Waals surface area contributed by atoms with Crippen LogP contribution < -0.4 is 0 Å². The number of hydrogen-bond donors (Lipinski definition) is 0. The first-order valence-electron chi connectivity index (χ1n) is 15.0. The van der Waals surface area contributed by atoms with E-state index in [0.717, 1.165) is 55.4 Å². The van der Waals surface area contributed by atoms with Crippen molar-refractivity contribution < 1.29 is 0 Å². The van der Waals surface area contributed by atoms with Crippen LogP contribution in [-0.4, -0.2) is 24.3 Å². The average molecular weight is 576 g/mol. The Bertz CT molecular complexity index is 2540. The average Bonchev–Trinajstić information content (AvgIpc) is 3.52.